The van der Waals surface area contributed by atoms with Crippen molar-refractivity contribution in [2.24, 2.45) is 4.99 Å². The van der Waals surface area contributed by atoms with Gasteiger partial charge in [0.25, 0.3) is 0 Å². The summed E-state index contributed by atoms with van der Waals surface area (Å²) in [6, 6.07) is 14.6. The first-order valence-corrected chi connectivity index (χ1v) is 8.19. The number of amides is 1. The van der Waals surface area contributed by atoms with Gasteiger partial charge in [0.05, 0.1) is 19.2 Å². The van der Waals surface area contributed by atoms with Gasteiger partial charge in [-0.15, -0.1) is 0 Å². The van der Waals surface area contributed by atoms with Crippen molar-refractivity contribution in [3.05, 3.63) is 54.7 Å². The second-order valence-corrected chi connectivity index (χ2v) is 6.15. The molecule has 1 aliphatic rings. The first-order valence-electron chi connectivity index (χ1n) is 7.31. The molecule has 1 atom stereocenters. The number of benzene rings is 1. The zero-order chi connectivity index (χ0) is 16.9. The second-order valence-electron chi connectivity index (χ2n) is 4.98. The number of nitrogens with zero attached hydrogens (tertiary/aromatic N) is 3. The van der Waals surface area contributed by atoms with E-state index in [4.69, 9.17) is 0 Å². The molecule has 3 rings (SSSR count). The molecule has 0 spiro atoms. The Labute approximate surface area is 143 Å². The number of methoxy groups -OCH3 is 1. The minimum Gasteiger partial charge on any atom is -0.469 e. The van der Waals surface area contributed by atoms with E-state index >= 15 is 0 Å². The summed E-state index contributed by atoms with van der Waals surface area (Å²) in [6.45, 7) is 0. The molecule has 1 aromatic heterocycles. The summed E-state index contributed by atoms with van der Waals surface area (Å²) in [7, 11) is 1.31. The summed E-state index contributed by atoms with van der Waals surface area (Å²) in [5.41, 5.74) is 0.706. The van der Waals surface area contributed by atoms with Crippen molar-refractivity contribution in [1.82, 2.24) is 4.98 Å². The van der Waals surface area contributed by atoms with Crippen molar-refractivity contribution in [3.8, 4) is 0 Å². The molecule has 0 bridgehead atoms. The second kappa shape index (κ2) is 7.27. The number of carbonyl (C=O) groups is 2. The lowest BCUT2D eigenvalue weighted by Crippen LogP contribution is -2.32. The fourth-order valence-electron chi connectivity index (χ4n) is 2.24. The minimum absolute atomic E-state index is 0.00454. The Hall–Kier alpha value is -2.67. The maximum Gasteiger partial charge on any atom is 0.307 e. The van der Waals surface area contributed by atoms with Gasteiger partial charge < -0.3 is 4.74 Å². The topological polar surface area (TPSA) is 71.9 Å². The fourth-order valence-corrected chi connectivity index (χ4v) is 3.37. The van der Waals surface area contributed by atoms with Gasteiger partial charge in [-0.2, -0.15) is 0 Å². The molecule has 0 aliphatic carbocycles. The third-order valence-corrected chi connectivity index (χ3v) is 4.53. The number of pyridine rings is 1. The fraction of sp³-hybridized carbons (Fsp3) is 0.176. The number of rotatable bonds is 4. The summed E-state index contributed by atoms with van der Waals surface area (Å²) in [5.74, 6) is -0.105. The highest BCUT2D eigenvalue weighted by molar-refractivity contribution is 8.16. The van der Waals surface area contributed by atoms with Crippen molar-refractivity contribution in [3.63, 3.8) is 0 Å². The van der Waals surface area contributed by atoms with Crippen LogP contribution in [0.2, 0.25) is 0 Å². The van der Waals surface area contributed by atoms with Gasteiger partial charge in [-0.3, -0.25) is 14.5 Å². The van der Waals surface area contributed by atoms with Crippen molar-refractivity contribution >= 4 is 40.3 Å². The van der Waals surface area contributed by atoms with Crippen molar-refractivity contribution in [2.45, 2.75) is 11.7 Å². The quantitative estimate of drug-likeness (QED) is 0.800. The summed E-state index contributed by atoms with van der Waals surface area (Å²) in [4.78, 5) is 34.5. The van der Waals surface area contributed by atoms with Gasteiger partial charge in [0.15, 0.2) is 11.0 Å². The number of aliphatic imine (C=N–C) groups is 1. The first kappa shape index (κ1) is 16.2. The van der Waals surface area contributed by atoms with Crippen LogP contribution in [0.4, 0.5) is 11.5 Å². The van der Waals surface area contributed by atoms with Crippen molar-refractivity contribution in [1.29, 1.82) is 0 Å². The molecule has 0 saturated carbocycles. The highest BCUT2D eigenvalue weighted by atomic mass is 32.2. The van der Waals surface area contributed by atoms with Crippen LogP contribution in [-0.2, 0) is 14.3 Å². The number of esters is 1. The van der Waals surface area contributed by atoms with Crippen LogP contribution in [0.1, 0.15) is 6.42 Å². The van der Waals surface area contributed by atoms with E-state index in [1.54, 1.807) is 18.3 Å². The SMILES string of the molecule is COC(=O)CC1S/C(=N\c2ccccn2)N(c2ccccc2)C1=O. The molecular weight excluding hydrogens is 326 g/mol. The zero-order valence-corrected chi connectivity index (χ0v) is 13.8. The summed E-state index contributed by atoms with van der Waals surface area (Å²) < 4.78 is 4.68. The highest BCUT2D eigenvalue weighted by Gasteiger charge is 2.40. The smallest absolute Gasteiger partial charge is 0.307 e. The molecule has 0 N–H and O–H groups in total. The molecule has 1 amide bonds. The van der Waals surface area contributed by atoms with Gasteiger partial charge in [-0.25, -0.2) is 9.98 Å². The Morgan fingerprint density at radius 2 is 2.00 bits per heavy atom. The van der Waals surface area contributed by atoms with Crippen LogP contribution in [0.25, 0.3) is 0 Å². The van der Waals surface area contributed by atoms with Gasteiger partial charge in [-0.1, -0.05) is 36.0 Å². The lowest BCUT2D eigenvalue weighted by molar-refractivity contribution is -0.141. The van der Waals surface area contributed by atoms with E-state index in [-0.39, 0.29) is 12.3 Å². The summed E-state index contributed by atoms with van der Waals surface area (Å²) in [5, 5.41) is -0.0566. The van der Waals surface area contributed by atoms with E-state index in [0.717, 1.165) is 0 Å². The number of ether oxygens (including phenoxy) is 1. The molecule has 2 aromatic rings. The number of thioether (sulfide) groups is 1. The molecule has 24 heavy (non-hydrogen) atoms. The molecular formula is C17H15N3O3S. The van der Waals surface area contributed by atoms with E-state index in [0.29, 0.717) is 16.7 Å². The van der Waals surface area contributed by atoms with Gasteiger partial charge in [0.1, 0.15) is 5.25 Å². The molecule has 1 saturated heterocycles. The Morgan fingerprint density at radius 3 is 2.67 bits per heavy atom. The van der Waals surface area contributed by atoms with Crippen LogP contribution < -0.4 is 4.90 Å². The van der Waals surface area contributed by atoms with Gasteiger partial charge in [0.2, 0.25) is 5.91 Å². The molecule has 7 heteroatoms. The van der Waals surface area contributed by atoms with Crippen LogP contribution in [0.15, 0.2) is 59.7 Å². The third kappa shape index (κ3) is 3.46. The number of aromatic nitrogens is 1. The largest absolute Gasteiger partial charge is 0.469 e. The molecule has 1 aliphatic heterocycles. The lowest BCUT2D eigenvalue weighted by atomic mass is 10.2. The van der Waals surface area contributed by atoms with E-state index in [1.807, 2.05) is 36.4 Å². The Kier molecular flexibility index (Phi) is 4.90. The van der Waals surface area contributed by atoms with Gasteiger partial charge in [-0.05, 0) is 24.3 Å². The van der Waals surface area contributed by atoms with E-state index < -0.39 is 11.2 Å². The zero-order valence-electron chi connectivity index (χ0n) is 13.0. The number of carbonyl (C=O) groups excluding carboxylic acids is 2. The van der Waals surface area contributed by atoms with E-state index in [2.05, 4.69) is 14.7 Å². The molecule has 2 heterocycles. The van der Waals surface area contributed by atoms with Crippen LogP contribution in [0, 0.1) is 0 Å². The number of hydrogen-bond acceptors (Lipinski definition) is 6. The maximum atomic E-state index is 12.8. The predicted molar refractivity (Wildman–Crippen MR) is 93.3 cm³/mol. The van der Waals surface area contributed by atoms with Crippen molar-refractivity contribution in [2.75, 3.05) is 12.0 Å². The monoisotopic (exact) mass is 341 g/mol. The van der Waals surface area contributed by atoms with Gasteiger partial charge in [0, 0.05) is 6.20 Å². The Balaban J connectivity index is 1.96. The summed E-state index contributed by atoms with van der Waals surface area (Å²) >= 11 is 1.25. The lowest BCUT2D eigenvalue weighted by Gasteiger charge is -2.16. The number of hydrogen-bond donors (Lipinski definition) is 0. The number of para-hydroxylation sites is 1. The molecule has 1 unspecified atom stereocenters. The first-order chi connectivity index (χ1) is 11.7. The van der Waals surface area contributed by atoms with E-state index in [9.17, 15) is 9.59 Å². The van der Waals surface area contributed by atoms with E-state index in [1.165, 1.54) is 23.8 Å². The van der Waals surface area contributed by atoms with Crippen LogP contribution in [-0.4, -0.2) is 34.4 Å². The maximum absolute atomic E-state index is 12.8. The van der Waals surface area contributed by atoms with Gasteiger partial charge >= 0.3 is 5.97 Å². The molecule has 1 aromatic carbocycles. The summed E-state index contributed by atoms with van der Waals surface area (Å²) in [6.07, 6.45) is 1.64. The number of amidine groups is 1. The van der Waals surface area contributed by atoms with Crippen LogP contribution in [0.3, 0.4) is 0 Å². The third-order valence-electron chi connectivity index (χ3n) is 3.39. The van der Waals surface area contributed by atoms with Crippen molar-refractivity contribution < 1.29 is 14.3 Å². The van der Waals surface area contributed by atoms with Crippen LogP contribution >= 0.6 is 11.8 Å². The minimum atomic E-state index is -0.555. The normalized spacial score (nSPS) is 18.9. The predicted octanol–water partition coefficient (Wildman–Crippen LogP) is 2.78. The average molecular weight is 341 g/mol. The average Bonchev–Trinajstić information content (AvgIpc) is 2.91. The molecule has 0 radical (unpaired) electrons. The molecule has 1 fully saturated rings. The standard InChI is InChI=1S/C17H15N3O3S/c1-23-15(21)11-13-16(22)20(12-7-3-2-4-8-12)17(24-13)19-14-9-5-6-10-18-14/h2-10,13H,11H2,1H3/b19-17-. The van der Waals surface area contributed by atoms with Crippen LogP contribution in [0.5, 0.6) is 0 Å². The molecule has 6 nitrogen and oxygen atoms in total. The molecule has 122 valence electrons. The highest BCUT2D eigenvalue weighted by Crippen LogP contribution is 2.34. The Morgan fingerprint density at radius 1 is 1.25 bits per heavy atom. The number of anilines is 1. The Bertz CT molecular complexity index is 765.